The van der Waals surface area contributed by atoms with Crippen LogP contribution in [0.4, 0.5) is 0 Å². The number of hydrogen-bond acceptors (Lipinski definition) is 2. The SMILES string of the molecule is O=C1c2[nH]nc(-c3ccc(Cl)cc3)c2C(c2ccc(Cl)cc2)N1C1CCCC1. The number of carbonyl (C=O) groups is 1. The molecule has 1 amide bonds. The molecule has 1 aliphatic heterocycles. The normalized spacial score (nSPS) is 19.4. The van der Waals surface area contributed by atoms with E-state index in [1.807, 2.05) is 48.5 Å². The van der Waals surface area contributed by atoms with Gasteiger partial charge >= 0.3 is 0 Å². The Bertz CT molecular complexity index is 1020. The summed E-state index contributed by atoms with van der Waals surface area (Å²) in [6.45, 7) is 0. The maximum absolute atomic E-state index is 13.3. The number of nitrogens with one attached hydrogen (secondary N) is 1. The minimum atomic E-state index is -0.160. The number of halogens is 2. The first-order chi connectivity index (χ1) is 13.6. The van der Waals surface area contributed by atoms with E-state index >= 15 is 0 Å². The van der Waals surface area contributed by atoms with Crippen LogP contribution in [0.3, 0.4) is 0 Å². The Hall–Kier alpha value is -2.30. The molecule has 6 heteroatoms. The van der Waals surface area contributed by atoms with Crippen LogP contribution in [0.2, 0.25) is 10.0 Å². The molecule has 1 unspecified atom stereocenters. The van der Waals surface area contributed by atoms with E-state index in [9.17, 15) is 4.79 Å². The minimum Gasteiger partial charge on any atom is -0.323 e. The van der Waals surface area contributed by atoms with Crippen molar-refractivity contribution in [2.75, 3.05) is 0 Å². The van der Waals surface area contributed by atoms with Crippen molar-refractivity contribution in [1.29, 1.82) is 0 Å². The molecule has 1 aliphatic carbocycles. The molecule has 2 aliphatic rings. The van der Waals surface area contributed by atoms with Gasteiger partial charge in [0.2, 0.25) is 0 Å². The number of nitrogens with zero attached hydrogens (tertiary/aromatic N) is 2. The van der Waals surface area contributed by atoms with Gasteiger partial charge in [0.15, 0.2) is 0 Å². The van der Waals surface area contributed by atoms with E-state index in [-0.39, 0.29) is 18.0 Å². The van der Waals surface area contributed by atoms with Crippen molar-refractivity contribution in [2.24, 2.45) is 0 Å². The van der Waals surface area contributed by atoms with E-state index in [0.29, 0.717) is 15.7 Å². The second-order valence-corrected chi connectivity index (χ2v) is 8.35. The fraction of sp³-hybridized carbons (Fsp3) is 0.273. The van der Waals surface area contributed by atoms with Crippen LogP contribution in [0, 0.1) is 0 Å². The zero-order valence-electron chi connectivity index (χ0n) is 15.2. The van der Waals surface area contributed by atoms with Crippen LogP contribution in [-0.2, 0) is 0 Å². The first-order valence-corrected chi connectivity index (χ1v) is 10.3. The van der Waals surface area contributed by atoms with E-state index in [4.69, 9.17) is 23.2 Å². The van der Waals surface area contributed by atoms with E-state index in [2.05, 4.69) is 15.1 Å². The first kappa shape index (κ1) is 17.8. The molecule has 0 radical (unpaired) electrons. The van der Waals surface area contributed by atoms with Crippen molar-refractivity contribution in [1.82, 2.24) is 15.1 Å². The van der Waals surface area contributed by atoms with Crippen LogP contribution < -0.4 is 0 Å². The molecular weight excluding hydrogens is 393 g/mol. The Morgan fingerprint density at radius 1 is 0.929 bits per heavy atom. The monoisotopic (exact) mass is 411 g/mol. The van der Waals surface area contributed by atoms with Gasteiger partial charge < -0.3 is 4.90 Å². The summed E-state index contributed by atoms with van der Waals surface area (Å²) in [6.07, 6.45) is 4.42. The van der Waals surface area contributed by atoms with Gasteiger partial charge in [0.05, 0.1) is 11.7 Å². The van der Waals surface area contributed by atoms with Crippen molar-refractivity contribution in [3.63, 3.8) is 0 Å². The van der Waals surface area contributed by atoms with E-state index in [1.165, 1.54) is 0 Å². The van der Waals surface area contributed by atoms with Crippen LogP contribution >= 0.6 is 23.2 Å². The number of benzene rings is 2. The third-order valence-electron chi connectivity index (χ3n) is 5.83. The average Bonchev–Trinajstić information content (AvgIpc) is 3.41. The maximum Gasteiger partial charge on any atom is 0.273 e. The standard InChI is InChI=1S/C22H19Cl2N3O/c23-15-9-5-13(6-10-15)19-18-20(26-25-19)22(28)27(17-3-1-2-4-17)21(18)14-7-11-16(24)12-8-14/h5-12,17,21H,1-4H2,(H,25,26). The van der Waals surface area contributed by atoms with Crippen LogP contribution in [0.1, 0.15) is 53.3 Å². The molecule has 4 nitrogen and oxygen atoms in total. The van der Waals surface area contributed by atoms with Gasteiger partial charge in [-0.05, 0) is 42.7 Å². The summed E-state index contributed by atoms with van der Waals surface area (Å²) in [6, 6.07) is 15.5. The van der Waals surface area contributed by atoms with Gasteiger partial charge in [0, 0.05) is 27.2 Å². The highest BCUT2D eigenvalue weighted by molar-refractivity contribution is 6.30. The molecule has 0 spiro atoms. The molecule has 2 heterocycles. The molecule has 142 valence electrons. The number of aromatic amines is 1. The molecule has 2 aromatic carbocycles. The molecule has 1 aromatic heterocycles. The molecule has 1 atom stereocenters. The Labute approximate surface area is 173 Å². The second kappa shape index (κ2) is 6.94. The summed E-state index contributed by atoms with van der Waals surface area (Å²) in [4.78, 5) is 15.4. The third kappa shape index (κ3) is 2.83. The zero-order chi connectivity index (χ0) is 19.3. The summed E-state index contributed by atoms with van der Waals surface area (Å²) in [5, 5.41) is 8.88. The minimum absolute atomic E-state index is 0.0366. The van der Waals surface area contributed by atoms with Gasteiger partial charge in [-0.1, -0.05) is 60.3 Å². The molecule has 1 fully saturated rings. The number of aromatic nitrogens is 2. The number of amides is 1. The second-order valence-electron chi connectivity index (χ2n) is 7.47. The van der Waals surface area contributed by atoms with Crippen molar-refractivity contribution >= 4 is 29.1 Å². The van der Waals surface area contributed by atoms with Crippen LogP contribution in [0.5, 0.6) is 0 Å². The highest BCUT2D eigenvalue weighted by Gasteiger charge is 2.45. The van der Waals surface area contributed by atoms with Crippen LogP contribution in [0.25, 0.3) is 11.3 Å². The number of carbonyl (C=O) groups excluding carboxylic acids is 1. The Morgan fingerprint density at radius 3 is 2.18 bits per heavy atom. The van der Waals surface area contributed by atoms with E-state index in [0.717, 1.165) is 48.1 Å². The summed E-state index contributed by atoms with van der Waals surface area (Å²) < 4.78 is 0. The van der Waals surface area contributed by atoms with Gasteiger partial charge in [-0.2, -0.15) is 5.10 Å². The molecule has 3 aromatic rings. The Kier molecular flexibility index (Phi) is 4.41. The lowest BCUT2D eigenvalue weighted by Crippen LogP contribution is -2.37. The van der Waals surface area contributed by atoms with Crippen molar-refractivity contribution in [2.45, 2.75) is 37.8 Å². The Morgan fingerprint density at radius 2 is 1.54 bits per heavy atom. The predicted molar refractivity (Wildman–Crippen MR) is 111 cm³/mol. The lowest BCUT2D eigenvalue weighted by Gasteiger charge is -2.31. The van der Waals surface area contributed by atoms with Gasteiger partial charge in [-0.3, -0.25) is 9.89 Å². The van der Waals surface area contributed by atoms with Crippen molar-refractivity contribution in [3.05, 3.63) is 75.4 Å². The number of hydrogen-bond donors (Lipinski definition) is 1. The van der Waals surface area contributed by atoms with E-state index < -0.39 is 0 Å². The fourth-order valence-corrected chi connectivity index (χ4v) is 4.78. The predicted octanol–water partition coefficient (Wildman–Crippen LogP) is 5.87. The smallest absolute Gasteiger partial charge is 0.273 e. The summed E-state index contributed by atoms with van der Waals surface area (Å²) >= 11 is 12.2. The molecule has 1 N–H and O–H groups in total. The fourth-order valence-electron chi connectivity index (χ4n) is 4.52. The number of H-pyrrole nitrogens is 1. The summed E-state index contributed by atoms with van der Waals surface area (Å²) in [7, 11) is 0. The molecule has 28 heavy (non-hydrogen) atoms. The van der Waals surface area contributed by atoms with Crippen LogP contribution in [-0.4, -0.2) is 27.0 Å². The van der Waals surface area contributed by atoms with Gasteiger partial charge in [0.1, 0.15) is 5.69 Å². The molecule has 0 saturated heterocycles. The third-order valence-corrected chi connectivity index (χ3v) is 6.33. The average molecular weight is 412 g/mol. The van der Waals surface area contributed by atoms with Gasteiger partial charge in [-0.25, -0.2) is 0 Å². The van der Waals surface area contributed by atoms with E-state index in [1.54, 1.807) is 0 Å². The van der Waals surface area contributed by atoms with Gasteiger partial charge in [-0.15, -0.1) is 0 Å². The molecule has 0 bridgehead atoms. The highest BCUT2D eigenvalue weighted by atomic mass is 35.5. The van der Waals surface area contributed by atoms with Gasteiger partial charge in [0.25, 0.3) is 5.91 Å². The Balaban J connectivity index is 1.67. The molecule has 5 rings (SSSR count). The first-order valence-electron chi connectivity index (χ1n) is 9.56. The van der Waals surface area contributed by atoms with Crippen molar-refractivity contribution < 1.29 is 4.79 Å². The largest absolute Gasteiger partial charge is 0.323 e. The van der Waals surface area contributed by atoms with Crippen LogP contribution in [0.15, 0.2) is 48.5 Å². The number of rotatable bonds is 3. The van der Waals surface area contributed by atoms with Crippen molar-refractivity contribution in [3.8, 4) is 11.3 Å². The number of fused-ring (bicyclic) bond motifs is 1. The maximum atomic E-state index is 13.3. The molecule has 1 saturated carbocycles. The highest BCUT2D eigenvalue weighted by Crippen LogP contribution is 2.46. The lowest BCUT2D eigenvalue weighted by atomic mass is 9.95. The lowest BCUT2D eigenvalue weighted by molar-refractivity contribution is 0.0660. The molecular formula is C22H19Cl2N3O. The quantitative estimate of drug-likeness (QED) is 0.585. The summed E-state index contributed by atoms with van der Waals surface area (Å²) in [5.41, 5.74) is 4.35. The zero-order valence-corrected chi connectivity index (χ0v) is 16.7. The summed E-state index contributed by atoms with van der Waals surface area (Å²) in [5.74, 6) is 0.0366. The topological polar surface area (TPSA) is 49.0 Å².